The van der Waals surface area contributed by atoms with Crippen molar-refractivity contribution in [1.29, 1.82) is 0 Å². The minimum atomic E-state index is 0.506. The van der Waals surface area contributed by atoms with Gasteiger partial charge in [-0.2, -0.15) is 0 Å². The predicted molar refractivity (Wildman–Crippen MR) is 74.4 cm³/mol. The first-order valence-electron chi connectivity index (χ1n) is 5.64. The number of hydrogen-bond acceptors (Lipinski definition) is 4. The second kappa shape index (κ2) is 4.44. The number of anilines is 1. The van der Waals surface area contributed by atoms with Crippen molar-refractivity contribution in [3.05, 3.63) is 41.6 Å². The van der Waals surface area contributed by atoms with E-state index in [2.05, 4.69) is 10.2 Å². The fourth-order valence-corrected chi connectivity index (χ4v) is 2.15. The standard InChI is InChI=1S/C13H11ClN4O/c1-19-9-4-2-3-8(7-9)12-16-17-13-10(15)5-6-11(14)18(12)13/h2-7H,15H2,1H3. The Labute approximate surface area is 114 Å². The lowest BCUT2D eigenvalue weighted by molar-refractivity contribution is 0.415. The molecule has 2 heterocycles. The summed E-state index contributed by atoms with van der Waals surface area (Å²) in [4.78, 5) is 0. The molecule has 3 rings (SSSR count). The van der Waals surface area contributed by atoms with Gasteiger partial charge in [-0.1, -0.05) is 23.7 Å². The minimum absolute atomic E-state index is 0.506. The number of nitrogens with two attached hydrogens (primary N) is 1. The lowest BCUT2D eigenvalue weighted by atomic mass is 10.2. The summed E-state index contributed by atoms with van der Waals surface area (Å²) in [7, 11) is 1.62. The first kappa shape index (κ1) is 11.8. The summed E-state index contributed by atoms with van der Waals surface area (Å²) in [5.74, 6) is 1.38. The van der Waals surface area contributed by atoms with Gasteiger partial charge in [-0.05, 0) is 24.3 Å². The van der Waals surface area contributed by atoms with E-state index in [1.807, 2.05) is 24.3 Å². The van der Waals surface area contributed by atoms with Crippen molar-refractivity contribution in [3.8, 4) is 17.1 Å². The molecule has 0 spiro atoms. The van der Waals surface area contributed by atoms with E-state index in [0.29, 0.717) is 22.3 Å². The summed E-state index contributed by atoms with van der Waals surface area (Å²) in [6.07, 6.45) is 0. The average Bonchev–Trinajstić information content (AvgIpc) is 2.89. The van der Waals surface area contributed by atoms with E-state index in [0.717, 1.165) is 11.3 Å². The fourth-order valence-electron chi connectivity index (χ4n) is 1.93. The minimum Gasteiger partial charge on any atom is -0.497 e. The Morgan fingerprint density at radius 1 is 1.21 bits per heavy atom. The molecule has 0 aliphatic heterocycles. The highest BCUT2D eigenvalue weighted by atomic mass is 35.5. The van der Waals surface area contributed by atoms with Gasteiger partial charge in [0.25, 0.3) is 0 Å². The molecule has 3 aromatic rings. The second-order valence-corrected chi connectivity index (χ2v) is 4.41. The van der Waals surface area contributed by atoms with Gasteiger partial charge in [0.2, 0.25) is 0 Å². The van der Waals surface area contributed by atoms with E-state index in [9.17, 15) is 0 Å². The number of rotatable bonds is 2. The summed E-state index contributed by atoms with van der Waals surface area (Å²) in [5.41, 5.74) is 7.81. The monoisotopic (exact) mass is 274 g/mol. The average molecular weight is 275 g/mol. The number of aromatic nitrogens is 3. The topological polar surface area (TPSA) is 65.4 Å². The van der Waals surface area contributed by atoms with E-state index in [4.69, 9.17) is 22.1 Å². The number of halogens is 1. The van der Waals surface area contributed by atoms with Gasteiger partial charge in [0.15, 0.2) is 11.5 Å². The Hall–Kier alpha value is -2.27. The molecule has 0 unspecified atom stereocenters. The summed E-state index contributed by atoms with van der Waals surface area (Å²) in [6.45, 7) is 0. The molecule has 0 fully saturated rings. The highest BCUT2D eigenvalue weighted by Crippen LogP contribution is 2.27. The number of fused-ring (bicyclic) bond motifs is 1. The van der Waals surface area contributed by atoms with Gasteiger partial charge in [-0.15, -0.1) is 10.2 Å². The van der Waals surface area contributed by atoms with Crippen LogP contribution in [0.2, 0.25) is 5.15 Å². The molecule has 96 valence electrons. The zero-order valence-electron chi connectivity index (χ0n) is 10.2. The maximum Gasteiger partial charge on any atom is 0.185 e. The van der Waals surface area contributed by atoms with Gasteiger partial charge in [-0.3, -0.25) is 4.40 Å². The molecule has 19 heavy (non-hydrogen) atoms. The number of pyridine rings is 1. The van der Waals surface area contributed by atoms with Crippen LogP contribution in [0.15, 0.2) is 36.4 Å². The zero-order valence-corrected chi connectivity index (χ0v) is 10.9. The van der Waals surface area contributed by atoms with Crippen molar-refractivity contribution in [2.24, 2.45) is 0 Å². The first-order chi connectivity index (χ1) is 9.20. The molecule has 5 nitrogen and oxygen atoms in total. The second-order valence-electron chi connectivity index (χ2n) is 4.03. The molecule has 2 N–H and O–H groups in total. The molecule has 0 aliphatic carbocycles. The van der Waals surface area contributed by atoms with Crippen molar-refractivity contribution in [1.82, 2.24) is 14.6 Å². The van der Waals surface area contributed by atoms with Crippen LogP contribution < -0.4 is 10.5 Å². The molecule has 2 aromatic heterocycles. The third kappa shape index (κ3) is 1.88. The highest BCUT2D eigenvalue weighted by Gasteiger charge is 2.13. The van der Waals surface area contributed by atoms with Gasteiger partial charge in [0.1, 0.15) is 10.9 Å². The summed E-state index contributed by atoms with van der Waals surface area (Å²) in [6, 6.07) is 11.0. The number of nitrogens with zero attached hydrogens (tertiary/aromatic N) is 3. The van der Waals surface area contributed by atoms with Crippen LogP contribution >= 0.6 is 11.6 Å². The Balaban J connectivity index is 2.28. The fraction of sp³-hybridized carbons (Fsp3) is 0.0769. The van der Waals surface area contributed by atoms with Crippen molar-refractivity contribution < 1.29 is 4.74 Å². The summed E-state index contributed by atoms with van der Waals surface area (Å²) >= 11 is 6.20. The number of hydrogen-bond donors (Lipinski definition) is 1. The van der Waals surface area contributed by atoms with E-state index in [1.54, 1.807) is 23.6 Å². The largest absolute Gasteiger partial charge is 0.497 e. The van der Waals surface area contributed by atoms with E-state index < -0.39 is 0 Å². The molecular weight excluding hydrogens is 264 g/mol. The van der Waals surface area contributed by atoms with Crippen LogP contribution in [-0.2, 0) is 0 Å². The molecule has 0 radical (unpaired) electrons. The molecule has 0 aliphatic rings. The predicted octanol–water partition coefficient (Wildman–Crippen LogP) is 2.64. The number of nitrogen functional groups attached to an aromatic ring is 1. The molecule has 0 bridgehead atoms. The van der Waals surface area contributed by atoms with Crippen LogP contribution in [0.25, 0.3) is 17.0 Å². The normalized spacial score (nSPS) is 10.8. The van der Waals surface area contributed by atoms with Crippen LogP contribution in [0, 0.1) is 0 Å². The molecule has 0 amide bonds. The van der Waals surface area contributed by atoms with E-state index >= 15 is 0 Å². The van der Waals surface area contributed by atoms with E-state index in [-0.39, 0.29) is 0 Å². The van der Waals surface area contributed by atoms with Crippen LogP contribution in [0.5, 0.6) is 5.75 Å². The summed E-state index contributed by atoms with van der Waals surface area (Å²) in [5, 5.41) is 8.74. The third-order valence-electron chi connectivity index (χ3n) is 2.86. The van der Waals surface area contributed by atoms with Gasteiger partial charge in [0.05, 0.1) is 12.8 Å². The Kier molecular flexibility index (Phi) is 2.76. The van der Waals surface area contributed by atoms with Crippen molar-refractivity contribution in [3.63, 3.8) is 0 Å². The molecule has 1 aromatic carbocycles. The number of benzene rings is 1. The maximum atomic E-state index is 6.20. The Morgan fingerprint density at radius 3 is 2.84 bits per heavy atom. The van der Waals surface area contributed by atoms with Gasteiger partial charge < -0.3 is 10.5 Å². The Morgan fingerprint density at radius 2 is 2.05 bits per heavy atom. The smallest absolute Gasteiger partial charge is 0.185 e. The molecule has 0 saturated heterocycles. The van der Waals surface area contributed by atoms with Gasteiger partial charge >= 0.3 is 0 Å². The number of ether oxygens (including phenoxy) is 1. The highest BCUT2D eigenvalue weighted by molar-refractivity contribution is 6.30. The van der Waals surface area contributed by atoms with Crippen molar-refractivity contribution in [2.45, 2.75) is 0 Å². The summed E-state index contributed by atoms with van der Waals surface area (Å²) < 4.78 is 6.92. The van der Waals surface area contributed by atoms with Crippen LogP contribution in [0.1, 0.15) is 0 Å². The third-order valence-corrected chi connectivity index (χ3v) is 3.16. The number of methoxy groups -OCH3 is 1. The lowest BCUT2D eigenvalue weighted by Crippen LogP contribution is -1.95. The SMILES string of the molecule is COc1cccc(-c2nnc3c(N)ccc(Cl)n23)c1. The van der Waals surface area contributed by atoms with Crippen LogP contribution in [-0.4, -0.2) is 21.7 Å². The van der Waals surface area contributed by atoms with E-state index in [1.165, 1.54) is 0 Å². The van der Waals surface area contributed by atoms with Crippen molar-refractivity contribution >= 4 is 22.9 Å². The molecule has 0 saturated carbocycles. The quantitative estimate of drug-likeness (QED) is 0.730. The van der Waals surface area contributed by atoms with Gasteiger partial charge in [-0.25, -0.2) is 0 Å². The maximum absolute atomic E-state index is 6.20. The van der Waals surface area contributed by atoms with Crippen LogP contribution in [0.4, 0.5) is 5.69 Å². The molecule has 6 heteroatoms. The van der Waals surface area contributed by atoms with Crippen LogP contribution in [0.3, 0.4) is 0 Å². The Bertz CT molecular complexity index is 753. The van der Waals surface area contributed by atoms with Gasteiger partial charge in [0, 0.05) is 5.56 Å². The zero-order chi connectivity index (χ0) is 13.4. The molecular formula is C13H11ClN4O. The van der Waals surface area contributed by atoms with Crippen molar-refractivity contribution in [2.75, 3.05) is 12.8 Å². The lowest BCUT2D eigenvalue weighted by Gasteiger charge is -2.05. The molecule has 0 atom stereocenters. The first-order valence-corrected chi connectivity index (χ1v) is 6.02.